The maximum Gasteiger partial charge on any atom is 0.256 e. The van der Waals surface area contributed by atoms with Crippen LogP contribution in [-0.4, -0.2) is 9.97 Å². The van der Waals surface area contributed by atoms with Crippen molar-refractivity contribution in [2.45, 2.75) is 33.7 Å². The Bertz CT molecular complexity index is 694. The van der Waals surface area contributed by atoms with E-state index in [0.29, 0.717) is 22.8 Å². The van der Waals surface area contributed by atoms with Crippen LogP contribution in [0.15, 0.2) is 23.0 Å². The van der Waals surface area contributed by atoms with Gasteiger partial charge < -0.3 is 10.3 Å². The van der Waals surface area contributed by atoms with Crippen molar-refractivity contribution in [2.75, 3.05) is 5.32 Å². The molecule has 0 bridgehead atoms. The van der Waals surface area contributed by atoms with E-state index in [2.05, 4.69) is 15.3 Å². The van der Waals surface area contributed by atoms with E-state index in [-0.39, 0.29) is 17.4 Å². The van der Waals surface area contributed by atoms with Gasteiger partial charge in [-0.05, 0) is 45.4 Å². The van der Waals surface area contributed by atoms with Crippen molar-refractivity contribution in [1.29, 1.82) is 0 Å². The molecule has 2 aromatic rings. The van der Waals surface area contributed by atoms with Crippen LogP contribution >= 0.6 is 0 Å². The molecule has 20 heavy (non-hydrogen) atoms. The molecule has 0 fully saturated rings. The molecule has 5 heteroatoms. The molecule has 1 atom stereocenters. The minimum Gasteiger partial charge on any atom is -0.376 e. The largest absolute Gasteiger partial charge is 0.376 e. The minimum atomic E-state index is -0.330. The number of aromatic nitrogens is 2. The first-order chi connectivity index (χ1) is 9.38. The number of halogens is 1. The number of nitrogens with zero attached hydrogens (tertiary/aromatic N) is 1. The fourth-order valence-corrected chi connectivity index (χ4v) is 2.29. The van der Waals surface area contributed by atoms with E-state index >= 15 is 0 Å². The second-order valence-corrected chi connectivity index (χ2v) is 5.00. The van der Waals surface area contributed by atoms with Crippen LogP contribution in [0.3, 0.4) is 0 Å². The summed E-state index contributed by atoms with van der Waals surface area (Å²) in [5.41, 5.74) is 2.21. The summed E-state index contributed by atoms with van der Waals surface area (Å²) in [5.74, 6) is 0.246. The molecule has 0 saturated carbocycles. The lowest BCUT2D eigenvalue weighted by molar-refractivity contribution is 0.625. The zero-order valence-electron chi connectivity index (χ0n) is 12.0. The molecule has 0 radical (unpaired) electrons. The number of aryl methyl sites for hydroxylation is 3. The second kappa shape index (κ2) is 5.45. The Morgan fingerprint density at radius 1 is 1.30 bits per heavy atom. The van der Waals surface area contributed by atoms with Crippen LogP contribution in [0.1, 0.15) is 35.6 Å². The van der Waals surface area contributed by atoms with Gasteiger partial charge in [0.15, 0.2) is 0 Å². The molecule has 0 amide bonds. The number of hydrogen-bond donors (Lipinski definition) is 2. The summed E-state index contributed by atoms with van der Waals surface area (Å²) in [6.45, 7) is 7.15. The van der Waals surface area contributed by atoms with Crippen LogP contribution in [-0.2, 0) is 0 Å². The number of rotatable bonds is 3. The van der Waals surface area contributed by atoms with Gasteiger partial charge in [0, 0.05) is 0 Å². The zero-order chi connectivity index (χ0) is 14.9. The third kappa shape index (κ3) is 2.87. The van der Waals surface area contributed by atoms with Crippen molar-refractivity contribution in [3.63, 3.8) is 0 Å². The van der Waals surface area contributed by atoms with Crippen LogP contribution < -0.4 is 10.9 Å². The monoisotopic (exact) mass is 275 g/mol. The topological polar surface area (TPSA) is 57.8 Å². The van der Waals surface area contributed by atoms with Gasteiger partial charge in [0.2, 0.25) is 0 Å². The average molecular weight is 275 g/mol. The molecule has 2 rings (SSSR count). The van der Waals surface area contributed by atoms with E-state index in [1.165, 1.54) is 6.07 Å². The lowest BCUT2D eigenvalue weighted by Crippen LogP contribution is -2.23. The SMILES string of the molecule is Cc1ccc(NC(C)c2c(C)nc(C)[nH]c2=O)c(F)c1. The Hall–Kier alpha value is -2.17. The fraction of sp³-hybridized carbons (Fsp3) is 0.333. The highest BCUT2D eigenvalue weighted by Crippen LogP contribution is 2.21. The highest BCUT2D eigenvalue weighted by Gasteiger charge is 2.15. The summed E-state index contributed by atoms with van der Waals surface area (Å²) in [4.78, 5) is 18.9. The molecule has 4 nitrogen and oxygen atoms in total. The average Bonchev–Trinajstić information content (AvgIpc) is 2.31. The van der Waals surface area contributed by atoms with Gasteiger partial charge in [0.25, 0.3) is 5.56 Å². The molecule has 1 unspecified atom stereocenters. The second-order valence-electron chi connectivity index (χ2n) is 5.00. The molecule has 0 aliphatic rings. The van der Waals surface area contributed by atoms with E-state index in [1.54, 1.807) is 19.9 Å². The van der Waals surface area contributed by atoms with Crippen molar-refractivity contribution < 1.29 is 4.39 Å². The molecule has 1 aromatic heterocycles. The van der Waals surface area contributed by atoms with E-state index in [1.807, 2.05) is 19.9 Å². The van der Waals surface area contributed by atoms with Gasteiger partial charge in [-0.2, -0.15) is 0 Å². The molecule has 0 saturated heterocycles. The Balaban J connectivity index is 2.33. The number of H-pyrrole nitrogens is 1. The van der Waals surface area contributed by atoms with Crippen molar-refractivity contribution in [2.24, 2.45) is 0 Å². The Morgan fingerprint density at radius 3 is 2.60 bits per heavy atom. The van der Waals surface area contributed by atoms with Gasteiger partial charge in [-0.1, -0.05) is 6.07 Å². The maximum atomic E-state index is 13.8. The highest BCUT2D eigenvalue weighted by atomic mass is 19.1. The van der Waals surface area contributed by atoms with Crippen LogP contribution in [0.4, 0.5) is 10.1 Å². The van der Waals surface area contributed by atoms with Gasteiger partial charge in [-0.25, -0.2) is 9.37 Å². The molecule has 2 N–H and O–H groups in total. The van der Waals surface area contributed by atoms with Crippen molar-refractivity contribution in [3.05, 3.63) is 57.0 Å². The summed E-state index contributed by atoms with van der Waals surface area (Å²) >= 11 is 0. The van der Waals surface area contributed by atoms with Crippen molar-refractivity contribution >= 4 is 5.69 Å². The predicted molar refractivity (Wildman–Crippen MR) is 77.5 cm³/mol. The number of hydrogen-bond acceptors (Lipinski definition) is 3. The molecule has 0 spiro atoms. The lowest BCUT2D eigenvalue weighted by Gasteiger charge is -2.17. The Labute approximate surface area is 117 Å². The normalized spacial score (nSPS) is 12.2. The number of aromatic amines is 1. The van der Waals surface area contributed by atoms with E-state index in [0.717, 1.165) is 5.56 Å². The van der Waals surface area contributed by atoms with E-state index in [4.69, 9.17) is 0 Å². The van der Waals surface area contributed by atoms with Crippen LogP contribution in [0, 0.1) is 26.6 Å². The van der Waals surface area contributed by atoms with Gasteiger partial charge in [-0.3, -0.25) is 4.79 Å². The van der Waals surface area contributed by atoms with Gasteiger partial charge >= 0.3 is 0 Å². The van der Waals surface area contributed by atoms with E-state index in [9.17, 15) is 9.18 Å². The quantitative estimate of drug-likeness (QED) is 0.905. The third-order valence-electron chi connectivity index (χ3n) is 3.19. The Kier molecular flexibility index (Phi) is 3.88. The summed E-state index contributed by atoms with van der Waals surface area (Å²) in [6, 6.07) is 4.62. The molecule has 1 heterocycles. The zero-order valence-corrected chi connectivity index (χ0v) is 12.0. The summed E-state index contributed by atoms with van der Waals surface area (Å²) < 4.78 is 13.8. The molecular formula is C15H18FN3O. The first-order valence-corrected chi connectivity index (χ1v) is 6.48. The Morgan fingerprint density at radius 2 is 2.00 bits per heavy atom. The van der Waals surface area contributed by atoms with Gasteiger partial charge in [-0.15, -0.1) is 0 Å². The first-order valence-electron chi connectivity index (χ1n) is 6.48. The van der Waals surface area contributed by atoms with Gasteiger partial charge in [0.1, 0.15) is 11.6 Å². The smallest absolute Gasteiger partial charge is 0.256 e. The van der Waals surface area contributed by atoms with Gasteiger partial charge in [0.05, 0.1) is 23.0 Å². The summed E-state index contributed by atoms with van der Waals surface area (Å²) in [5, 5.41) is 3.02. The predicted octanol–water partition coefficient (Wildman–Crippen LogP) is 3.01. The minimum absolute atomic E-state index is 0.192. The highest BCUT2D eigenvalue weighted by molar-refractivity contribution is 5.48. The maximum absolute atomic E-state index is 13.8. The van der Waals surface area contributed by atoms with Crippen molar-refractivity contribution in [3.8, 4) is 0 Å². The van der Waals surface area contributed by atoms with E-state index < -0.39 is 0 Å². The van der Waals surface area contributed by atoms with Crippen LogP contribution in [0.2, 0.25) is 0 Å². The lowest BCUT2D eigenvalue weighted by atomic mass is 10.1. The molecule has 1 aromatic carbocycles. The number of anilines is 1. The molecule has 0 aliphatic carbocycles. The fourth-order valence-electron chi connectivity index (χ4n) is 2.29. The standard InChI is InChI=1S/C15H18FN3O/c1-8-5-6-13(12(16)7-8)18-10(3)14-9(2)17-11(4)19-15(14)20/h5-7,10,18H,1-4H3,(H,17,19,20). The third-order valence-corrected chi connectivity index (χ3v) is 3.19. The number of nitrogens with one attached hydrogen (secondary N) is 2. The van der Waals surface area contributed by atoms with Crippen molar-refractivity contribution in [1.82, 2.24) is 9.97 Å². The molecule has 0 aliphatic heterocycles. The first kappa shape index (κ1) is 14.2. The molecular weight excluding hydrogens is 257 g/mol. The van der Waals surface area contributed by atoms with Crippen LogP contribution in [0.5, 0.6) is 0 Å². The molecule has 106 valence electrons. The summed E-state index contributed by atoms with van der Waals surface area (Å²) in [6.07, 6.45) is 0. The van der Waals surface area contributed by atoms with Crippen LogP contribution in [0.25, 0.3) is 0 Å². The summed E-state index contributed by atoms with van der Waals surface area (Å²) in [7, 11) is 0. The number of benzene rings is 1.